The number of aromatic nitrogens is 4. The van der Waals surface area contributed by atoms with Crippen molar-refractivity contribution in [3.05, 3.63) is 83.3 Å². The maximum Gasteiger partial charge on any atom is 0.337 e. The number of carboxylic acids is 2. The Morgan fingerprint density at radius 1 is 0.900 bits per heavy atom. The van der Waals surface area contributed by atoms with E-state index in [2.05, 4.69) is 10.3 Å². The van der Waals surface area contributed by atoms with Gasteiger partial charge in [0.1, 0.15) is 5.69 Å². The number of aryl methyl sites for hydroxylation is 2. The van der Waals surface area contributed by atoms with Crippen molar-refractivity contribution in [1.82, 2.24) is 19.6 Å². The van der Waals surface area contributed by atoms with Crippen molar-refractivity contribution < 1.29 is 19.8 Å². The van der Waals surface area contributed by atoms with E-state index in [9.17, 15) is 19.8 Å². The molecule has 2 aromatic carbocycles. The van der Waals surface area contributed by atoms with E-state index in [1.807, 2.05) is 30.5 Å². The smallest absolute Gasteiger partial charge is 0.337 e. The van der Waals surface area contributed by atoms with Crippen LogP contribution in [0.5, 0.6) is 0 Å². The fraction of sp³-hybridized carbons (Fsp3) is 0.0909. The van der Waals surface area contributed by atoms with Gasteiger partial charge in [-0.3, -0.25) is 0 Å². The van der Waals surface area contributed by atoms with Crippen LogP contribution in [0, 0.1) is 13.8 Å². The summed E-state index contributed by atoms with van der Waals surface area (Å²) in [6.45, 7) is 3.82. The summed E-state index contributed by atoms with van der Waals surface area (Å²) in [6.07, 6.45) is 1.68. The van der Waals surface area contributed by atoms with Gasteiger partial charge in [-0.2, -0.15) is 0 Å². The van der Waals surface area contributed by atoms with Gasteiger partial charge >= 0.3 is 11.9 Å². The zero-order valence-electron chi connectivity index (χ0n) is 16.3. The first kappa shape index (κ1) is 19.1. The highest BCUT2D eigenvalue weighted by atomic mass is 16.4. The van der Waals surface area contributed by atoms with Gasteiger partial charge in [0.2, 0.25) is 0 Å². The van der Waals surface area contributed by atoms with Gasteiger partial charge in [0.05, 0.1) is 28.7 Å². The molecule has 8 nitrogen and oxygen atoms in total. The number of carbonyl (C=O) groups is 2. The van der Waals surface area contributed by atoms with Crippen LogP contribution in [0.15, 0.2) is 60.8 Å². The SMILES string of the molecule is Cc1ccc(C)n1-c1cc(-n2cc(-c3cccc(C(=O)O)c3)nn2)ccc1C(=O)O. The van der Waals surface area contributed by atoms with Gasteiger partial charge in [0.15, 0.2) is 0 Å². The van der Waals surface area contributed by atoms with E-state index in [-0.39, 0.29) is 11.1 Å². The molecule has 0 atom stereocenters. The van der Waals surface area contributed by atoms with Gasteiger partial charge in [0, 0.05) is 17.0 Å². The predicted molar refractivity (Wildman–Crippen MR) is 110 cm³/mol. The zero-order chi connectivity index (χ0) is 21.4. The minimum absolute atomic E-state index is 0.161. The lowest BCUT2D eigenvalue weighted by Crippen LogP contribution is -2.09. The van der Waals surface area contributed by atoms with Gasteiger partial charge < -0.3 is 14.8 Å². The Kier molecular flexibility index (Phi) is 4.67. The summed E-state index contributed by atoms with van der Waals surface area (Å²) < 4.78 is 3.41. The average Bonchev–Trinajstić information content (AvgIpc) is 3.34. The molecule has 0 bridgehead atoms. The van der Waals surface area contributed by atoms with Crippen molar-refractivity contribution in [3.8, 4) is 22.6 Å². The third-order valence-corrected chi connectivity index (χ3v) is 4.89. The minimum atomic E-state index is -1.02. The lowest BCUT2D eigenvalue weighted by atomic mass is 10.1. The van der Waals surface area contributed by atoms with E-state index in [1.54, 1.807) is 30.5 Å². The number of aromatic carboxylic acids is 2. The maximum atomic E-state index is 11.8. The lowest BCUT2D eigenvalue weighted by Gasteiger charge is -2.14. The van der Waals surface area contributed by atoms with Gasteiger partial charge in [-0.15, -0.1) is 5.10 Å². The fourth-order valence-electron chi connectivity index (χ4n) is 3.41. The summed E-state index contributed by atoms with van der Waals surface area (Å²) in [7, 11) is 0. The van der Waals surface area contributed by atoms with Crippen molar-refractivity contribution in [2.75, 3.05) is 0 Å². The summed E-state index contributed by atoms with van der Waals surface area (Å²) in [6, 6.07) is 15.2. The van der Waals surface area contributed by atoms with Crippen molar-refractivity contribution in [2.24, 2.45) is 0 Å². The summed E-state index contributed by atoms with van der Waals surface area (Å²) >= 11 is 0. The summed E-state index contributed by atoms with van der Waals surface area (Å²) in [4.78, 5) is 23.0. The molecule has 0 unspecified atom stereocenters. The molecule has 0 fully saturated rings. The van der Waals surface area contributed by atoms with Crippen LogP contribution < -0.4 is 0 Å². The van der Waals surface area contributed by atoms with Crippen LogP contribution >= 0.6 is 0 Å². The Bertz CT molecular complexity index is 1270. The summed E-state index contributed by atoms with van der Waals surface area (Å²) in [5.74, 6) is -2.04. The summed E-state index contributed by atoms with van der Waals surface area (Å²) in [5, 5.41) is 27.1. The summed E-state index contributed by atoms with van der Waals surface area (Å²) in [5.41, 5.74) is 4.47. The third kappa shape index (κ3) is 3.35. The fourth-order valence-corrected chi connectivity index (χ4v) is 3.41. The molecule has 2 aromatic heterocycles. The van der Waals surface area contributed by atoms with E-state index in [4.69, 9.17) is 0 Å². The van der Waals surface area contributed by atoms with Crippen LogP contribution in [0.4, 0.5) is 0 Å². The molecule has 4 aromatic rings. The maximum absolute atomic E-state index is 11.8. The van der Waals surface area contributed by atoms with Crippen LogP contribution in [-0.2, 0) is 0 Å². The highest BCUT2D eigenvalue weighted by molar-refractivity contribution is 5.92. The highest BCUT2D eigenvalue weighted by Crippen LogP contribution is 2.25. The van der Waals surface area contributed by atoms with Crippen LogP contribution in [0.2, 0.25) is 0 Å². The second-order valence-electron chi connectivity index (χ2n) is 6.89. The van der Waals surface area contributed by atoms with Gasteiger partial charge in [-0.25, -0.2) is 14.3 Å². The number of carboxylic acid groups (broad SMARTS) is 2. The van der Waals surface area contributed by atoms with Crippen molar-refractivity contribution in [1.29, 1.82) is 0 Å². The van der Waals surface area contributed by atoms with Gasteiger partial charge in [-0.1, -0.05) is 17.3 Å². The van der Waals surface area contributed by atoms with Crippen LogP contribution in [0.25, 0.3) is 22.6 Å². The number of hydrogen-bond acceptors (Lipinski definition) is 4. The van der Waals surface area contributed by atoms with E-state index < -0.39 is 11.9 Å². The largest absolute Gasteiger partial charge is 0.478 e. The Labute approximate surface area is 171 Å². The predicted octanol–water partition coefficient (Wildman–Crippen LogP) is 3.74. The Morgan fingerprint density at radius 2 is 1.63 bits per heavy atom. The Hall–Kier alpha value is -4.20. The zero-order valence-corrected chi connectivity index (χ0v) is 16.3. The number of nitrogens with zero attached hydrogens (tertiary/aromatic N) is 4. The second-order valence-corrected chi connectivity index (χ2v) is 6.89. The van der Waals surface area contributed by atoms with E-state index in [0.29, 0.717) is 22.6 Å². The topological polar surface area (TPSA) is 110 Å². The molecule has 0 saturated heterocycles. The first-order chi connectivity index (χ1) is 14.3. The van der Waals surface area contributed by atoms with Gasteiger partial charge in [-0.05, 0) is 56.3 Å². The van der Waals surface area contributed by atoms with Crippen LogP contribution in [0.3, 0.4) is 0 Å². The van der Waals surface area contributed by atoms with Gasteiger partial charge in [0.25, 0.3) is 0 Å². The molecule has 0 radical (unpaired) electrons. The molecule has 2 N–H and O–H groups in total. The van der Waals surface area contributed by atoms with E-state index in [1.165, 1.54) is 22.9 Å². The molecule has 0 saturated carbocycles. The molecule has 4 rings (SSSR count). The van der Waals surface area contributed by atoms with Crippen molar-refractivity contribution in [2.45, 2.75) is 13.8 Å². The normalized spacial score (nSPS) is 10.9. The molecular formula is C22H18N4O4. The Balaban J connectivity index is 1.79. The molecule has 0 aliphatic rings. The molecule has 30 heavy (non-hydrogen) atoms. The number of benzene rings is 2. The standard InChI is InChI=1S/C22H18N4O4/c1-13-6-7-14(2)26(13)20-11-17(8-9-18(20)22(29)30)25-12-19(23-24-25)15-4-3-5-16(10-15)21(27)28/h3-12H,1-2H3,(H,27,28)(H,29,30). The van der Waals surface area contributed by atoms with Crippen molar-refractivity contribution >= 4 is 11.9 Å². The second kappa shape index (κ2) is 7.32. The molecule has 8 heteroatoms. The quantitative estimate of drug-likeness (QED) is 0.526. The van der Waals surface area contributed by atoms with Crippen LogP contribution in [-0.4, -0.2) is 41.7 Å². The molecule has 150 valence electrons. The first-order valence-electron chi connectivity index (χ1n) is 9.14. The molecular weight excluding hydrogens is 384 g/mol. The molecule has 2 heterocycles. The van der Waals surface area contributed by atoms with E-state index >= 15 is 0 Å². The van der Waals surface area contributed by atoms with E-state index in [0.717, 1.165) is 11.4 Å². The molecule has 0 aliphatic heterocycles. The molecule has 0 aliphatic carbocycles. The van der Waals surface area contributed by atoms with Crippen molar-refractivity contribution in [3.63, 3.8) is 0 Å². The monoisotopic (exact) mass is 402 g/mol. The Morgan fingerprint density at radius 3 is 2.30 bits per heavy atom. The number of hydrogen-bond donors (Lipinski definition) is 2. The third-order valence-electron chi connectivity index (χ3n) is 4.89. The molecule has 0 amide bonds. The minimum Gasteiger partial charge on any atom is -0.478 e. The number of rotatable bonds is 5. The molecule has 0 spiro atoms. The average molecular weight is 402 g/mol. The lowest BCUT2D eigenvalue weighted by molar-refractivity contribution is 0.0686. The highest BCUT2D eigenvalue weighted by Gasteiger charge is 2.17. The van der Waals surface area contributed by atoms with Crippen LogP contribution in [0.1, 0.15) is 32.1 Å². The first-order valence-corrected chi connectivity index (χ1v) is 9.14.